The van der Waals surface area contributed by atoms with E-state index in [0.717, 1.165) is 6.07 Å². The molecule has 100 valence electrons. The van der Waals surface area contributed by atoms with Crippen LogP contribution >= 0.6 is 12.2 Å². The Balaban J connectivity index is 2.58. The van der Waals surface area contributed by atoms with Crippen LogP contribution in [0.5, 0.6) is 0 Å². The molecule has 0 atom stereocenters. The predicted molar refractivity (Wildman–Crippen MR) is 65.4 cm³/mol. The van der Waals surface area contributed by atoms with Gasteiger partial charge < -0.3 is 9.72 Å². The summed E-state index contributed by atoms with van der Waals surface area (Å²) in [6.45, 7) is 0.142. The van der Waals surface area contributed by atoms with Gasteiger partial charge in [0.05, 0.1) is 5.69 Å². The second kappa shape index (κ2) is 5.50. The summed E-state index contributed by atoms with van der Waals surface area (Å²) in [7, 11) is 1.46. The third-order valence-electron chi connectivity index (χ3n) is 2.37. The molecule has 0 spiro atoms. The minimum atomic E-state index is -1.24. The fourth-order valence-electron chi connectivity index (χ4n) is 1.59. The molecule has 2 rings (SSSR count). The Hall–Kier alpha value is -1.73. The number of aromatic amines is 1. The molecular formula is C12H9F3N2OS. The summed E-state index contributed by atoms with van der Waals surface area (Å²) in [6, 6.07) is 2.62. The molecular weight excluding hydrogens is 277 g/mol. The van der Waals surface area contributed by atoms with Crippen molar-refractivity contribution in [1.29, 1.82) is 0 Å². The Bertz CT molecular complexity index is 673. The highest BCUT2D eigenvalue weighted by molar-refractivity contribution is 7.71. The van der Waals surface area contributed by atoms with Gasteiger partial charge >= 0.3 is 0 Å². The number of nitrogens with one attached hydrogen (secondary N) is 1. The van der Waals surface area contributed by atoms with Gasteiger partial charge in [-0.25, -0.2) is 18.2 Å². The summed E-state index contributed by atoms with van der Waals surface area (Å²) in [5.74, 6) is -2.90. The Morgan fingerprint density at radius 2 is 1.84 bits per heavy atom. The molecule has 0 amide bonds. The lowest BCUT2D eigenvalue weighted by atomic mass is 10.1. The van der Waals surface area contributed by atoms with Crippen LogP contribution in [0.1, 0.15) is 5.82 Å². The van der Waals surface area contributed by atoms with Crippen LogP contribution in [0.25, 0.3) is 11.3 Å². The molecule has 0 saturated heterocycles. The van der Waals surface area contributed by atoms with Crippen molar-refractivity contribution in [3.8, 4) is 11.3 Å². The van der Waals surface area contributed by atoms with Crippen LogP contribution in [-0.4, -0.2) is 17.1 Å². The third kappa shape index (κ3) is 2.99. The first-order valence-corrected chi connectivity index (χ1v) is 5.66. The molecule has 1 N–H and O–H groups in total. The van der Waals surface area contributed by atoms with Crippen LogP contribution < -0.4 is 0 Å². The Kier molecular flexibility index (Phi) is 3.96. The number of hydrogen-bond donors (Lipinski definition) is 1. The maximum atomic E-state index is 13.7. The minimum absolute atomic E-state index is 0.121. The van der Waals surface area contributed by atoms with E-state index < -0.39 is 17.5 Å². The summed E-state index contributed by atoms with van der Waals surface area (Å²) in [5.41, 5.74) is 0.0909. The van der Waals surface area contributed by atoms with Gasteiger partial charge in [-0.3, -0.25) is 0 Å². The zero-order chi connectivity index (χ0) is 14.0. The molecule has 1 aromatic carbocycles. The van der Waals surface area contributed by atoms with Gasteiger partial charge in [0.2, 0.25) is 0 Å². The second-order valence-electron chi connectivity index (χ2n) is 3.76. The zero-order valence-electron chi connectivity index (χ0n) is 9.84. The van der Waals surface area contributed by atoms with Crippen LogP contribution in [0.3, 0.4) is 0 Å². The van der Waals surface area contributed by atoms with Gasteiger partial charge in [-0.2, -0.15) is 0 Å². The first-order valence-electron chi connectivity index (χ1n) is 5.25. The SMILES string of the molecule is COCc1nc(=S)cc(-c2cc(F)c(F)cc2F)[nH]1. The van der Waals surface area contributed by atoms with Crippen molar-refractivity contribution in [1.82, 2.24) is 9.97 Å². The van der Waals surface area contributed by atoms with Gasteiger partial charge in [-0.15, -0.1) is 0 Å². The molecule has 0 fully saturated rings. The lowest BCUT2D eigenvalue weighted by Crippen LogP contribution is -2.00. The van der Waals surface area contributed by atoms with E-state index in [1.165, 1.54) is 13.2 Å². The van der Waals surface area contributed by atoms with Crippen molar-refractivity contribution in [3.63, 3.8) is 0 Å². The molecule has 0 aliphatic rings. The Morgan fingerprint density at radius 3 is 2.53 bits per heavy atom. The number of nitrogens with zero attached hydrogens (tertiary/aromatic N) is 1. The zero-order valence-corrected chi connectivity index (χ0v) is 10.7. The maximum absolute atomic E-state index is 13.7. The van der Waals surface area contributed by atoms with Crippen molar-refractivity contribution < 1.29 is 17.9 Å². The average Bonchev–Trinajstić information content (AvgIpc) is 2.33. The monoisotopic (exact) mass is 286 g/mol. The molecule has 0 saturated carbocycles. The summed E-state index contributed by atoms with van der Waals surface area (Å²) in [6.07, 6.45) is 0. The number of rotatable bonds is 3. The number of methoxy groups -OCH3 is 1. The number of H-pyrrole nitrogens is 1. The minimum Gasteiger partial charge on any atom is -0.377 e. The van der Waals surface area contributed by atoms with Crippen LogP contribution in [0.15, 0.2) is 18.2 Å². The van der Waals surface area contributed by atoms with E-state index in [0.29, 0.717) is 11.9 Å². The van der Waals surface area contributed by atoms with Crippen molar-refractivity contribution in [2.24, 2.45) is 0 Å². The van der Waals surface area contributed by atoms with Crippen LogP contribution in [0, 0.1) is 22.1 Å². The van der Waals surface area contributed by atoms with E-state index in [1.54, 1.807) is 0 Å². The number of hydrogen-bond acceptors (Lipinski definition) is 3. The van der Waals surface area contributed by atoms with Gasteiger partial charge in [0.25, 0.3) is 0 Å². The fourth-order valence-corrected chi connectivity index (χ4v) is 1.82. The van der Waals surface area contributed by atoms with Gasteiger partial charge in [0.15, 0.2) is 11.6 Å². The smallest absolute Gasteiger partial charge is 0.161 e. The topological polar surface area (TPSA) is 37.9 Å². The van der Waals surface area contributed by atoms with Gasteiger partial charge in [0, 0.05) is 18.7 Å². The lowest BCUT2D eigenvalue weighted by Gasteiger charge is -2.07. The highest BCUT2D eigenvalue weighted by Crippen LogP contribution is 2.23. The van der Waals surface area contributed by atoms with Crippen LogP contribution in [0.4, 0.5) is 13.2 Å². The van der Waals surface area contributed by atoms with Crippen molar-refractivity contribution in [2.45, 2.75) is 6.61 Å². The van der Waals surface area contributed by atoms with E-state index in [9.17, 15) is 13.2 Å². The predicted octanol–water partition coefficient (Wildman–Crippen LogP) is 3.37. The highest BCUT2D eigenvalue weighted by atomic mass is 32.1. The Morgan fingerprint density at radius 1 is 1.16 bits per heavy atom. The van der Waals surface area contributed by atoms with Crippen LogP contribution in [-0.2, 0) is 11.3 Å². The molecule has 0 unspecified atom stereocenters. The van der Waals surface area contributed by atoms with E-state index >= 15 is 0 Å². The third-order valence-corrected chi connectivity index (χ3v) is 2.58. The standard InChI is InChI=1S/C12H9F3N2OS/c1-18-5-11-16-10(4-12(19)17-11)6-2-8(14)9(15)3-7(6)13/h2-4H,5H2,1H3,(H,16,17,19). The normalized spacial score (nSPS) is 10.7. The van der Waals surface area contributed by atoms with E-state index in [-0.39, 0.29) is 22.5 Å². The van der Waals surface area contributed by atoms with E-state index in [4.69, 9.17) is 17.0 Å². The molecule has 7 heteroatoms. The molecule has 0 radical (unpaired) electrons. The molecule has 0 bridgehead atoms. The van der Waals surface area contributed by atoms with Crippen molar-refractivity contribution in [2.75, 3.05) is 7.11 Å². The molecule has 1 aromatic heterocycles. The first-order chi connectivity index (χ1) is 9.01. The number of benzene rings is 1. The summed E-state index contributed by atoms with van der Waals surface area (Å²) in [5, 5.41) is 0. The van der Waals surface area contributed by atoms with E-state index in [2.05, 4.69) is 9.97 Å². The number of ether oxygens (including phenoxy) is 1. The summed E-state index contributed by atoms with van der Waals surface area (Å²) in [4.78, 5) is 6.72. The Labute approximate surface area is 112 Å². The number of aromatic nitrogens is 2. The van der Waals surface area contributed by atoms with Gasteiger partial charge in [0.1, 0.15) is 22.9 Å². The van der Waals surface area contributed by atoms with Gasteiger partial charge in [-0.1, -0.05) is 12.2 Å². The number of halogens is 3. The molecule has 2 aromatic rings. The summed E-state index contributed by atoms with van der Waals surface area (Å²) < 4.78 is 44.8. The molecule has 3 nitrogen and oxygen atoms in total. The van der Waals surface area contributed by atoms with Crippen LogP contribution in [0.2, 0.25) is 0 Å². The highest BCUT2D eigenvalue weighted by Gasteiger charge is 2.12. The molecule has 0 aliphatic carbocycles. The molecule has 19 heavy (non-hydrogen) atoms. The van der Waals surface area contributed by atoms with Crippen molar-refractivity contribution >= 4 is 12.2 Å². The lowest BCUT2D eigenvalue weighted by molar-refractivity contribution is 0.177. The second-order valence-corrected chi connectivity index (χ2v) is 4.18. The van der Waals surface area contributed by atoms with E-state index in [1.807, 2.05) is 0 Å². The quantitative estimate of drug-likeness (QED) is 0.694. The molecule has 0 aliphatic heterocycles. The fraction of sp³-hybridized carbons (Fsp3) is 0.167. The summed E-state index contributed by atoms with van der Waals surface area (Å²) >= 11 is 4.93. The van der Waals surface area contributed by atoms with Crippen molar-refractivity contribution in [3.05, 3.63) is 46.1 Å². The first kappa shape index (κ1) is 13.7. The molecule has 1 heterocycles. The average molecular weight is 286 g/mol. The van der Waals surface area contributed by atoms with Gasteiger partial charge in [-0.05, 0) is 12.1 Å². The largest absolute Gasteiger partial charge is 0.377 e. The maximum Gasteiger partial charge on any atom is 0.161 e.